The molecule has 0 heterocycles. The maximum Gasteiger partial charge on any atom is 0.294 e. The van der Waals surface area contributed by atoms with Crippen LogP contribution in [0.1, 0.15) is 16.4 Å². The fraction of sp³-hybridized carbons (Fsp3) is 0.263. The van der Waals surface area contributed by atoms with E-state index in [0.29, 0.717) is 11.8 Å². The van der Waals surface area contributed by atoms with Crippen molar-refractivity contribution in [1.29, 1.82) is 0 Å². The zero-order valence-corrected chi connectivity index (χ0v) is 18.6. The summed E-state index contributed by atoms with van der Waals surface area (Å²) in [5, 5.41) is 18.9. The monoisotopic (exact) mass is 497 g/mol. The van der Waals surface area contributed by atoms with Gasteiger partial charge in [-0.15, -0.1) is 20.2 Å². The molecule has 0 aliphatic heterocycles. The summed E-state index contributed by atoms with van der Waals surface area (Å²) in [6, 6.07) is 17.9. The molecule has 2 atom stereocenters. The van der Waals surface area contributed by atoms with Gasteiger partial charge in [0, 0.05) is 16.6 Å². The fourth-order valence-corrected chi connectivity index (χ4v) is 4.79. The quantitative estimate of drug-likeness (QED) is 0.339. The predicted octanol–water partition coefficient (Wildman–Crippen LogP) is 2.28. The van der Waals surface area contributed by atoms with E-state index < -0.39 is 61.6 Å². The van der Waals surface area contributed by atoms with Crippen LogP contribution in [-0.4, -0.2) is 49.7 Å². The van der Waals surface area contributed by atoms with Crippen molar-refractivity contribution in [2.24, 2.45) is 0 Å². The molecule has 2 aromatic carbocycles. The Bertz CT molecular complexity index is 953. The van der Waals surface area contributed by atoms with Gasteiger partial charge in [-0.3, -0.25) is 19.1 Å². The molecule has 0 spiro atoms. The van der Waals surface area contributed by atoms with Crippen molar-refractivity contribution < 1.29 is 33.6 Å². The van der Waals surface area contributed by atoms with Crippen LogP contribution in [0.15, 0.2) is 60.7 Å². The zero-order chi connectivity index (χ0) is 24.2. The van der Waals surface area contributed by atoms with Crippen molar-refractivity contribution in [3.63, 3.8) is 0 Å². The summed E-state index contributed by atoms with van der Waals surface area (Å²) in [5.74, 6) is -1.68. The Morgan fingerprint density at radius 2 is 1.52 bits per heavy atom. The Labute approximate surface area is 194 Å². The Hall–Kier alpha value is -3.52. The molecule has 2 unspecified atom stereocenters. The van der Waals surface area contributed by atoms with E-state index in [1.54, 1.807) is 48.5 Å². The van der Waals surface area contributed by atoms with E-state index in [2.05, 4.69) is 9.68 Å². The van der Waals surface area contributed by atoms with Crippen LogP contribution in [0.2, 0.25) is 0 Å². The van der Waals surface area contributed by atoms with Gasteiger partial charge >= 0.3 is 0 Å². The van der Waals surface area contributed by atoms with Gasteiger partial charge < -0.3 is 9.68 Å². The largest absolute Gasteiger partial charge is 0.312 e. The fourth-order valence-electron chi connectivity index (χ4n) is 2.69. The van der Waals surface area contributed by atoms with Gasteiger partial charge in [-0.2, -0.15) is 0 Å². The maximum atomic E-state index is 13.0. The first-order chi connectivity index (χ1) is 15.8. The lowest BCUT2D eigenvalue weighted by Crippen LogP contribution is -2.34. The lowest BCUT2D eigenvalue weighted by atomic mass is 10.0. The van der Waals surface area contributed by atoms with Crippen LogP contribution in [0.3, 0.4) is 0 Å². The number of nitrogens with zero attached hydrogens (tertiary/aromatic N) is 2. The van der Waals surface area contributed by atoms with Crippen LogP contribution in [0.4, 0.5) is 4.79 Å². The van der Waals surface area contributed by atoms with Gasteiger partial charge in [0.25, 0.3) is 15.4 Å². The summed E-state index contributed by atoms with van der Waals surface area (Å²) in [4.78, 5) is 53.2. The average Bonchev–Trinajstić information content (AvgIpc) is 2.76. The van der Waals surface area contributed by atoms with Crippen molar-refractivity contribution >= 4 is 33.7 Å². The molecule has 1 N–H and O–H groups in total. The lowest BCUT2D eigenvalue weighted by Gasteiger charge is -2.17. The van der Waals surface area contributed by atoms with Crippen LogP contribution in [0.5, 0.6) is 0 Å². The van der Waals surface area contributed by atoms with E-state index in [-0.39, 0.29) is 0 Å². The number of nitrogens with one attached hydrogen (secondary N) is 1. The highest BCUT2D eigenvalue weighted by Crippen LogP contribution is 2.28. The molecule has 2 rings (SSSR count). The number of imide groups is 1. The third kappa shape index (κ3) is 9.24. The minimum absolute atomic E-state index is 0.395. The first-order valence-electron chi connectivity index (χ1n) is 9.28. The number of amides is 2. The summed E-state index contributed by atoms with van der Waals surface area (Å²) in [5.41, 5.74) is 1.47. The van der Waals surface area contributed by atoms with Gasteiger partial charge in [-0.05, 0) is 11.1 Å². The highest BCUT2D eigenvalue weighted by atomic mass is 32.2. The van der Waals surface area contributed by atoms with Crippen LogP contribution < -0.4 is 5.32 Å². The lowest BCUT2D eigenvalue weighted by molar-refractivity contribution is -0.788. The van der Waals surface area contributed by atoms with Crippen LogP contribution >= 0.6 is 11.8 Å². The predicted molar refractivity (Wildman–Crippen MR) is 119 cm³/mol. The molecule has 0 saturated heterocycles. The van der Waals surface area contributed by atoms with Crippen molar-refractivity contribution in [1.82, 2.24) is 5.32 Å². The minimum Gasteiger partial charge on any atom is -0.312 e. The standard InChI is InChI=1S/C19H19N3O9S2/c23-17(20-19(24)32-12-16(31-22(27)28)11-30-21(25)26)13-33(29)18(14-7-3-1-4-8-14)15-9-5-2-6-10-15/h1-10,16,18H,11-13H2,(H,20,23,24). The summed E-state index contributed by atoms with van der Waals surface area (Å²) < 4.78 is 13.0. The van der Waals surface area contributed by atoms with E-state index in [1.165, 1.54) is 0 Å². The molecule has 33 heavy (non-hydrogen) atoms. The van der Waals surface area contributed by atoms with Gasteiger partial charge in [-0.1, -0.05) is 72.4 Å². The second-order valence-corrected chi connectivity index (χ2v) is 8.86. The second-order valence-electron chi connectivity index (χ2n) is 6.34. The highest BCUT2D eigenvalue weighted by Gasteiger charge is 2.24. The molecule has 0 saturated carbocycles. The third-order valence-corrected chi connectivity index (χ3v) is 6.50. The number of benzene rings is 2. The van der Waals surface area contributed by atoms with Crippen LogP contribution in [0, 0.1) is 20.2 Å². The van der Waals surface area contributed by atoms with E-state index in [9.17, 15) is 34.0 Å². The van der Waals surface area contributed by atoms with Crippen LogP contribution in [-0.2, 0) is 25.3 Å². The van der Waals surface area contributed by atoms with Crippen LogP contribution in [0.25, 0.3) is 0 Å². The summed E-state index contributed by atoms with van der Waals surface area (Å²) in [7, 11) is -1.72. The van der Waals surface area contributed by atoms with Crippen molar-refractivity contribution in [3.05, 3.63) is 92.0 Å². The van der Waals surface area contributed by atoms with Crippen molar-refractivity contribution in [3.8, 4) is 0 Å². The molecule has 0 aliphatic rings. The summed E-state index contributed by atoms with van der Waals surface area (Å²) in [6.45, 7) is -0.776. The van der Waals surface area contributed by atoms with E-state index in [4.69, 9.17) is 0 Å². The van der Waals surface area contributed by atoms with E-state index in [1.807, 2.05) is 17.4 Å². The van der Waals surface area contributed by atoms with Gasteiger partial charge in [-0.25, -0.2) is 0 Å². The number of carbonyl (C=O) groups is 2. The Morgan fingerprint density at radius 3 is 2.00 bits per heavy atom. The molecule has 2 amide bonds. The Kier molecular flexibility index (Phi) is 10.2. The maximum absolute atomic E-state index is 13.0. The van der Waals surface area contributed by atoms with E-state index in [0.717, 1.165) is 11.1 Å². The second kappa shape index (κ2) is 13.1. The smallest absolute Gasteiger partial charge is 0.294 e. The number of carbonyl (C=O) groups excluding carboxylic acids is 2. The molecule has 0 bridgehead atoms. The molecule has 0 aromatic heterocycles. The number of hydrogen-bond donors (Lipinski definition) is 1. The SMILES string of the molecule is O=C(CS(=O)C(c1ccccc1)c1ccccc1)NC(=O)SCC(CO[N+](=O)[O-])O[N+](=O)[O-]. The van der Waals surface area contributed by atoms with Gasteiger partial charge in [0.05, 0.1) is 5.25 Å². The zero-order valence-electron chi connectivity index (χ0n) is 16.9. The molecule has 14 heteroatoms. The Morgan fingerprint density at radius 1 is 0.970 bits per heavy atom. The molecule has 176 valence electrons. The first kappa shape index (κ1) is 25.7. The Balaban J connectivity index is 1.95. The third-order valence-electron chi connectivity index (χ3n) is 3.98. The van der Waals surface area contributed by atoms with Crippen molar-refractivity contribution in [2.45, 2.75) is 11.4 Å². The topological polar surface area (TPSA) is 168 Å². The molecule has 0 radical (unpaired) electrons. The molecule has 2 aromatic rings. The molecule has 12 nitrogen and oxygen atoms in total. The van der Waals surface area contributed by atoms with Gasteiger partial charge in [0.15, 0.2) is 0 Å². The first-order valence-corrected chi connectivity index (χ1v) is 11.6. The number of hydrogen-bond acceptors (Lipinski definition) is 10. The molecular formula is C19H19N3O9S2. The molecule has 0 fully saturated rings. The summed E-state index contributed by atoms with van der Waals surface area (Å²) >= 11 is 0.433. The molecular weight excluding hydrogens is 478 g/mol. The summed E-state index contributed by atoms with van der Waals surface area (Å²) in [6.07, 6.45) is -1.41. The van der Waals surface area contributed by atoms with Gasteiger partial charge in [0.1, 0.15) is 18.5 Å². The minimum atomic E-state index is -1.72. The normalized spacial score (nSPS) is 12.4. The average molecular weight is 498 g/mol. The van der Waals surface area contributed by atoms with Gasteiger partial charge in [0.2, 0.25) is 5.91 Å². The number of thioether (sulfide) groups is 1. The highest BCUT2D eigenvalue weighted by molar-refractivity contribution is 8.13. The van der Waals surface area contributed by atoms with E-state index >= 15 is 0 Å². The molecule has 0 aliphatic carbocycles. The van der Waals surface area contributed by atoms with Crippen molar-refractivity contribution in [2.75, 3.05) is 18.1 Å². The number of rotatable bonds is 12.